The summed E-state index contributed by atoms with van der Waals surface area (Å²) in [5, 5.41) is 26.8. The summed E-state index contributed by atoms with van der Waals surface area (Å²) >= 11 is 0. The van der Waals surface area contributed by atoms with Gasteiger partial charge in [-0.25, -0.2) is 9.59 Å². The van der Waals surface area contributed by atoms with Gasteiger partial charge in [-0.05, 0) is 47.0 Å². The number of carboxylic acids is 2. The van der Waals surface area contributed by atoms with Crippen LogP contribution in [0.25, 0.3) is 0 Å². The number of ether oxygens (including phenoxy) is 2. The fourth-order valence-corrected chi connectivity index (χ4v) is 5.11. The van der Waals surface area contributed by atoms with Crippen LogP contribution in [0.4, 0.5) is 9.59 Å². The second-order valence-electron chi connectivity index (χ2n) is 13.9. The summed E-state index contributed by atoms with van der Waals surface area (Å²) in [5.74, 6) is -3.74. The molecule has 0 saturated carbocycles. The molecule has 52 heavy (non-hydrogen) atoms. The van der Waals surface area contributed by atoms with E-state index in [2.05, 4.69) is 17.6 Å². The van der Waals surface area contributed by atoms with Crippen molar-refractivity contribution in [3.05, 3.63) is 0 Å². The lowest BCUT2D eigenvalue weighted by Gasteiger charge is -2.26. The van der Waals surface area contributed by atoms with Gasteiger partial charge in [0.2, 0.25) is 5.91 Å². The van der Waals surface area contributed by atoms with Crippen LogP contribution in [0.3, 0.4) is 0 Å². The van der Waals surface area contributed by atoms with Gasteiger partial charge < -0.3 is 45.9 Å². The Balaban J connectivity index is 4.86. The fraction of sp³-hybridized carbons (Fsp3) is 0.806. The van der Waals surface area contributed by atoms with Crippen molar-refractivity contribution in [2.24, 2.45) is 0 Å². The smallest absolute Gasteiger partial charge is 0.408 e. The van der Waals surface area contributed by atoms with Gasteiger partial charge in [-0.15, -0.1) is 0 Å². The van der Waals surface area contributed by atoms with E-state index in [1.54, 1.807) is 4.90 Å². The maximum Gasteiger partial charge on any atom is 0.408 e. The minimum atomic E-state index is -1.57. The zero-order valence-electron chi connectivity index (χ0n) is 32.1. The zero-order valence-corrected chi connectivity index (χ0v) is 32.1. The number of nitrogens with one attached hydrogen (secondary N) is 4. The molecular formula is C36H65N5O11. The van der Waals surface area contributed by atoms with Crippen LogP contribution in [-0.2, 0) is 33.4 Å². The molecule has 0 aliphatic heterocycles. The Bertz CT molecular complexity index is 1050. The first-order chi connectivity index (χ1) is 24.5. The van der Waals surface area contributed by atoms with Crippen molar-refractivity contribution < 1.29 is 53.2 Å². The molecule has 0 aromatic carbocycles. The molecule has 0 rings (SSSR count). The summed E-state index contributed by atoms with van der Waals surface area (Å²) in [5.41, 5.74) is -3.14. The van der Waals surface area contributed by atoms with Gasteiger partial charge in [0.1, 0.15) is 13.1 Å². The molecule has 0 atom stereocenters. The number of carbonyl (C=O) groups excluding carboxylic acids is 5. The first kappa shape index (κ1) is 47.9. The van der Waals surface area contributed by atoms with Gasteiger partial charge in [0.25, 0.3) is 11.8 Å². The van der Waals surface area contributed by atoms with Crippen LogP contribution in [-0.4, -0.2) is 107 Å². The van der Waals surface area contributed by atoms with E-state index in [0.717, 1.165) is 25.7 Å². The Morgan fingerprint density at radius 3 is 1.21 bits per heavy atom. The van der Waals surface area contributed by atoms with Crippen LogP contribution in [0.2, 0.25) is 0 Å². The third kappa shape index (κ3) is 24.9. The summed E-state index contributed by atoms with van der Waals surface area (Å²) in [6.45, 7) is 7.41. The van der Waals surface area contributed by atoms with E-state index >= 15 is 0 Å². The van der Waals surface area contributed by atoms with Gasteiger partial charge in [0, 0.05) is 32.6 Å². The predicted molar refractivity (Wildman–Crippen MR) is 195 cm³/mol. The number of nitrogens with zero attached hydrogens (tertiary/aromatic N) is 1. The maximum absolute atomic E-state index is 13.2. The van der Waals surface area contributed by atoms with Crippen LogP contribution in [0.15, 0.2) is 0 Å². The molecule has 0 aromatic heterocycles. The number of hydrogen-bond acceptors (Lipinski definition) is 9. The summed E-state index contributed by atoms with van der Waals surface area (Å²) in [4.78, 5) is 85.1. The second-order valence-corrected chi connectivity index (χ2v) is 13.9. The average molecular weight is 744 g/mol. The number of amides is 5. The third-order valence-electron chi connectivity index (χ3n) is 8.18. The van der Waals surface area contributed by atoms with Crippen LogP contribution in [0, 0.1) is 0 Å². The van der Waals surface area contributed by atoms with E-state index in [1.807, 2.05) is 10.6 Å². The van der Waals surface area contributed by atoms with E-state index in [0.29, 0.717) is 32.4 Å². The molecule has 0 aliphatic carbocycles. The summed E-state index contributed by atoms with van der Waals surface area (Å²) < 4.78 is 10.1. The molecular weight excluding hydrogens is 678 g/mol. The molecule has 300 valence electrons. The molecule has 0 unspecified atom stereocenters. The summed E-state index contributed by atoms with van der Waals surface area (Å²) in [6, 6.07) is 0. The molecule has 0 heterocycles. The highest BCUT2D eigenvalue weighted by molar-refractivity contribution is 5.88. The minimum Gasteiger partial charge on any atom is -0.480 e. The third-order valence-corrected chi connectivity index (χ3v) is 8.18. The van der Waals surface area contributed by atoms with Crippen LogP contribution in [0.1, 0.15) is 137 Å². The highest BCUT2D eigenvalue weighted by atomic mass is 16.6. The lowest BCUT2D eigenvalue weighted by molar-refractivity contribution is -0.138. The molecule has 0 saturated heterocycles. The molecule has 0 fully saturated rings. The number of hydrogen-bond donors (Lipinski definition) is 6. The SMILES string of the molecule is CCCCCCCCCCCCCCCC(=O)N(CCCNC(=O)C(C)(C)OC(=O)NCC(=O)O)CCCNC(=O)C(C)(C)OC(=O)NCC(=O)O. The lowest BCUT2D eigenvalue weighted by Crippen LogP contribution is -2.48. The zero-order chi connectivity index (χ0) is 39.4. The number of alkyl carbamates (subject to hydrolysis) is 2. The van der Waals surface area contributed by atoms with Crippen LogP contribution < -0.4 is 21.3 Å². The lowest BCUT2D eigenvalue weighted by atomic mass is 10.0. The van der Waals surface area contributed by atoms with Gasteiger partial charge in [0.05, 0.1) is 0 Å². The van der Waals surface area contributed by atoms with E-state index in [1.165, 1.54) is 85.5 Å². The van der Waals surface area contributed by atoms with Crippen molar-refractivity contribution in [2.45, 2.75) is 149 Å². The Morgan fingerprint density at radius 2 is 0.865 bits per heavy atom. The maximum atomic E-state index is 13.2. The first-order valence-electron chi connectivity index (χ1n) is 18.7. The van der Waals surface area contributed by atoms with Crippen molar-refractivity contribution in [1.82, 2.24) is 26.2 Å². The van der Waals surface area contributed by atoms with Crippen molar-refractivity contribution in [2.75, 3.05) is 39.3 Å². The Kier molecular flexibility index (Phi) is 25.4. The topological polar surface area (TPSA) is 230 Å². The van der Waals surface area contributed by atoms with Gasteiger partial charge in [-0.2, -0.15) is 0 Å². The van der Waals surface area contributed by atoms with Crippen LogP contribution in [0.5, 0.6) is 0 Å². The highest BCUT2D eigenvalue weighted by Crippen LogP contribution is 2.14. The molecule has 0 spiro atoms. The number of aliphatic carboxylic acids is 2. The predicted octanol–water partition coefficient (Wildman–Crippen LogP) is 4.49. The van der Waals surface area contributed by atoms with Gasteiger partial charge in [-0.3, -0.25) is 24.0 Å². The second kappa shape index (κ2) is 27.5. The molecule has 16 nitrogen and oxygen atoms in total. The van der Waals surface area contributed by atoms with Crippen molar-refractivity contribution in [3.63, 3.8) is 0 Å². The number of carboxylic acid groups (broad SMARTS) is 2. The molecule has 16 heteroatoms. The van der Waals surface area contributed by atoms with Gasteiger partial charge in [0.15, 0.2) is 11.2 Å². The molecule has 5 amide bonds. The summed E-state index contributed by atoms with van der Waals surface area (Å²) in [7, 11) is 0. The Labute approximate surface area is 308 Å². The van der Waals surface area contributed by atoms with E-state index < -0.39 is 60.2 Å². The minimum absolute atomic E-state index is 0.0433. The average Bonchev–Trinajstić information content (AvgIpc) is 3.06. The largest absolute Gasteiger partial charge is 0.480 e. The summed E-state index contributed by atoms with van der Waals surface area (Å²) in [6.07, 6.45) is 14.6. The van der Waals surface area contributed by atoms with E-state index in [4.69, 9.17) is 19.7 Å². The number of rotatable bonds is 30. The fourth-order valence-electron chi connectivity index (χ4n) is 5.11. The normalized spacial score (nSPS) is 11.2. The van der Waals surface area contributed by atoms with E-state index in [9.17, 15) is 33.6 Å². The van der Waals surface area contributed by atoms with Crippen molar-refractivity contribution in [1.29, 1.82) is 0 Å². The number of unbranched alkanes of at least 4 members (excludes halogenated alkanes) is 12. The van der Waals surface area contributed by atoms with Gasteiger partial charge in [-0.1, -0.05) is 84.0 Å². The van der Waals surface area contributed by atoms with Crippen LogP contribution >= 0.6 is 0 Å². The number of carbonyl (C=O) groups is 7. The molecule has 6 N–H and O–H groups in total. The molecule has 0 radical (unpaired) electrons. The highest BCUT2D eigenvalue weighted by Gasteiger charge is 2.33. The van der Waals surface area contributed by atoms with Gasteiger partial charge >= 0.3 is 24.1 Å². The Hall–Kier alpha value is -4.11. The molecule has 0 aromatic rings. The van der Waals surface area contributed by atoms with Crippen molar-refractivity contribution in [3.8, 4) is 0 Å². The molecule has 0 aliphatic rings. The van der Waals surface area contributed by atoms with E-state index in [-0.39, 0.29) is 19.0 Å². The quantitative estimate of drug-likeness (QED) is 0.0562. The standard InChI is InChI=1S/C36H65N5O11/c1-6-7-8-9-10-11-12-13-14-15-16-17-18-21-28(42)41(24-19-22-37-31(47)35(2,3)51-33(49)39-26-29(43)44)25-20-23-38-32(48)36(4,5)52-34(50)40-27-30(45)46/h6-27H2,1-5H3,(H,37,47)(H,38,48)(H,39,49)(H,40,50)(H,43,44)(H,45,46). The monoisotopic (exact) mass is 743 g/mol. The molecule has 0 bridgehead atoms. The van der Waals surface area contributed by atoms with Crippen molar-refractivity contribution >= 4 is 41.8 Å². The first-order valence-corrected chi connectivity index (χ1v) is 18.7. The Morgan fingerprint density at radius 1 is 0.519 bits per heavy atom.